The van der Waals surface area contributed by atoms with Crippen LogP contribution in [-0.2, 0) is 4.79 Å². The number of fused-ring (bicyclic) bond motifs is 1. The molecule has 0 radical (unpaired) electrons. The number of ketones is 1. The second-order valence-corrected chi connectivity index (χ2v) is 7.36. The molecule has 4 heteroatoms. The van der Waals surface area contributed by atoms with Gasteiger partial charge in [0, 0.05) is 30.1 Å². The number of benzene rings is 2. The molecule has 0 bridgehead atoms. The molecule has 0 spiro atoms. The summed E-state index contributed by atoms with van der Waals surface area (Å²) in [5.74, 6) is 0.396. The number of nitrogens with zero attached hydrogens (tertiary/aromatic N) is 1. The molecule has 28 heavy (non-hydrogen) atoms. The molecule has 1 aliphatic heterocycles. The van der Waals surface area contributed by atoms with Gasteiger partial charge in [-0.3, -0.25) is 9.78 Å². The van der Waals surface area contributed by atoms with Gasteiger partial charge in [-0.1, -0.05) is 42.5 Å². The smallest absolute Gasteiger partial charge is 0.163 e. The quantitative estimate of drug-likeness (QED) is 0.665. The van der Waals surface area contributed by atoms with Crippen molar-refractivity contribution in [1.82, 2.24) is 4.98 Å². The molecule has 2 atom stereocenters. The number of para-hydroxylation sites is 2. The maximum atomic E-state index is 13.3. The molecule has 0 amide bonds. The van der Waals surface area contributed by atoms with E-state index in [1.807, 2.05) is 48.5 Å². The predicted molar refractivity (Wildman–Crippen MR) is 111 cm³/mol. The van der Waals surface area contributed by atoms with Gasteiger partial charge in [0.05, 0.1) is 17.4 Å². The van der Waals surface area contributed by atoms with E-state index in [0.717, 1.165) is 34.6 Å². The van der Waals surface area contributed by atoms with E-state index in [1.54, 1.807) is 12.4 Å². The van der Waals surface area contributed by atoms with Gasteiger partial charge in [-0.25, -0.2) is 0 Å². The first-order valence-electron chi connectivity index (χ1n) is 9.63. The number of pyridine rings is 1. The minimum atomic E-state index is -0.182. The summed E-state index contributed by atoms with van der Waals surface area (Å²) in [6.07, 6.45) is 4.91. The number of anilines is 2. The van der Waals surface area contributed by atoms with E-state index in [9.17, 15) is 4.79 Å². The number of allylic oxidation sites excluding steroid dienone is 1. The van der Waals surface area contributed by atoms with Crippen LogP contribution < -0.4 is 10.6 Å². The Morgan fingerprint density at radius 2 is 1.50 bits per heavy atom. The van der Waals surface area contributed by atoms with Gasteiger partial charge in [-0.15, -0.1) is 0 Å². The lowest BCUT2D eigenvalue weighted by atomic mass is 9.78. The maximum Gasteiger partial charge on any atom is 0.163 e. The lowest BCUT2D eigenvalue weighted by Gasteiger charge is -2.29. The number of hydrogen-bond acceptors (Lipinski definition) is 4. The van der Waals surface area contributed by atoms with E-state index in [1.165, 1.54) is 5.56 Å². The monoisotopic (exact) mass is 367 g/mol. The fourth-order valence-corrected chi connectivity index (χ4v) is 4.26. The number of carbonyl (C=O) groups excluding carboxylic acids is 1. The molecule has 1 aromatic heterocycles. The van der Waals surface area contributed by atoms with Crippen LogP contribution in [-0.4, -0.2) is 10.8 Å². The van der Waals surface area contributed by atoms with E-state index < -0.39 is 0 Å². The predicted octanol–water partition coefficient (Wildman–Crippen LogP) is 5.06. The molecule has 2 heterocycles. The number of rotatable bonds is 2. The zero-order valence-electron chi connectivity index (χ0n) is 15.4. The van der Waals surface area contributed by atoms with Gasteiger partial charge in [0.25, 0.3) is 0 Å². The van der Waals surface area contributed by atoms with Crippen molar-refractivity contribution in [3.8, 4) is 0 Å². The Balaban J connectivity index is 1.62. The summed E-state index contributed by atoms with van der Waals surface area (Å²) in [6, 6.07) is 22.2. The fraction of sp³-hybridized carbons (Fsp3) is 0.167. The molecule has 5 rings (SSSR count). The SMILES string of the molecule is O=C1C[C@@H](c2ccccc2)CC2=C1[C@H](c1ccncc1)Nc1ccccc1N2. The van der Waals surface area contributed by atoms with Crippen molar-refractivity contribution in [3.05, 3.63) is 102 Å². The summed E-state index contributed by atoms with van der Waals surface area (Å²) >= 11 is 0. The van der Waals surface area contributed by atoms with E-state index in [2.05, 4.69) is 33.8 Å². The fourth-order valence-electron chi connectivity index (χ4n) is 4.26. The molecular weight excluding hydrogens is 346 g/mol. The van der Waals surface area contributed by atoms with Gasteiger partial charge in [0.1, 0.15) is 0 Å². The van der Waals surface area contributed by atoms with Crippen LogP contribution in [0.2, 0.25) is 0 Å². The molecule has 2 aromatic carbocycles. The average molecular weight is 367 g/mol. The molecule has 138 valence electrons. The Kier molecular flexibility index (Phi) is 4.17. The minimum absolute atomic E-state index is 0.182. The Morgan fingerprint density at radius 1 is 0.786 bits per heavy atom. The largest absolute Gasteiger partial charge is 0.372 e. The third kappa shape index (κ3) is 2.97. The highest BCUT2D eigenvalue weighted by molar-refractivity contribution is 6.01. The zero-order valence-corrected chi connectivity index (χ0v) is 15.4. The first-order valence-corrected chi connectivity index (χ1v) is 9.63. The first kappa shape index (κ1) is 16.8. The van der Waals surface area contributed by atoms with Gasteiger partial charge < -0.3 is 10.6 Å². The highest BCUT2D eigenvalue weighted by atomic mass is 16.1. The highest BCUT2D eigenvalue weighted by Crippen LogP contribution is 2.43. The molecule has 0 fully saturated rings. The zero-order chi connectivity index (χ0) is 18.9. The second-order valence-electron chi connectivity index (χ2n) is 7.36. The van der Waals surface area contributed by atoms with Crippen molar-refractivity contribution < 1.29 is 4.79 Å². The Hall–Kier alpha value is -3.40. The van der Waals surface area contributed by atoms with E-state index in [0.29, 0.717) is 6.42 Å². The number of aromatic nitrogens is 1. The van der Waals surface area contributed by atoms with Crippen LogP contribution in [0.15, 0.2) is 90.4 Å². The molecule has 1 aliphatic carbocycles. The van der Waals surface area contributed by atoms with Crippen LogP contribution >= 0.6 is 0 Å². The van der Waals surface area contributed by atoms with Crippen LogP contribution in [0.25, 0.3) is 0 Å². The number of carbonyl (C=O) groups is 1. The van der Waals surface area contributed by atoms with E-state index >= 15 is 0 Å². The molecule has 0 saturated heterocycles. The van der Waals surface area contributed by atoms with Gasteiger partial charge in [0.15, 0.2) is 5.78 Å². The normalized spacial score (nSPS) is 21.1. The lowest BCUT2D eigenvalue weighted by molar-refractivity contribution is -0.116. The lowest BCUT2D eigenvalue weighted by Crippen LogP contribution is -2.26. The second kappa shape index (κ2) is 6.97. The summed E-state index contributed by atoms with van der Waals surface area (Å²) in [5.41, 5.74) is 6.14. The molecule has 2 aliphatic rings. The minimum Gasteiger partial charge on any atom is -0.372 e. The topological polar surface area (TPSA) is 54.0 Å². The number of Topliss-reactive ketones (excluding diaryl/α,β-unsaturated/α-hetero) is 1. The molecule has 0 saturated carbocycles. The summed E-state index contributed by atoms with van der Waals surface area (Å²) in [5, 5.41) is 7.16. The first-order chi connectivity index (χ1) is 13.8. The average Bonchev–Trinajstić information content (AvgIpc) is 2.92. The number of nitrogens with one attached hydrogen (secondary N) is 2. The molecular formula is C24H21N3O. The molecule has 3 aromatic rings. The summed E-state index contributed by atoms with van der Waals surface area (Å²) in [6.45, 7) is 0. The molecule has 4 nitrogen and oxygen atoms in total. The van der Waals surface area contributed by atoms with Crippen molar-refractivity contribution >= 4 is 17.2 Å². The summed E-state index contributed by atoms with van der Waals surface area (Å²) in [4.78, 5) is 17.5. The Morgan fingerprint density at radius 3 is 2.29 bits per heavy atom. The van der Waals surface area contributed by atoms with Crippen LogP contribution in [0.3, 0.4) is 0 Å². The van der Waals surface area contributed by atoms with Crippen LogP contribution in [0, 0.1) is 0 Å². The van der Waals surface area contributed by atoms with Crippen LogP contribution in [0.1, 0.15) is 35.9 Å². The third-order valence-electron chi connectivity index (χ3n) is 5.62. The van der Waals surface area contributed by atoms with Crippen molar-refractivity contribution in [3.63, 3.8) is 0 Å². The Labute approximate surface area is 164 Å². The summed E-state index contributed by atoms with van der Waals surface area (Å²) < 4.78 is 0. The van der Waals surface area contributed by atoms with Crippen molar-refractivity contribution in [2.45, 2.75) is 24.8 Å². The van der Waals surface area contributed by atoms with Crippen molar-refractivity contribution in [2.75, 3.05) is 10.6 Å². The molecule has 0 unspecified atom stereocenters. The number of hydrogen-bond donors (Lipinski definition) is 2. The van der Waals surface area contributed by atoms with Crippen LogP contribution in [0.4, 0.5) is 11.4 Å². The van der Waals surface area contributed by atoms with Gasteiger partial charge in [-0.2, -0.15) is 0 Å². The third-order valence-corrected chi connectivity index (χ3v) is 5.62. The van der Waals surface area contributed by atoms with Crippen molar-refractivity contribution in [1.29, 1.82) is 0 Å². The standard InChI is InChI=1S/C24H21N3O/c28-22-15-18(16-6-2-1-3-7-16)14-21-23(22)24(17-10-12-25-13-11-17)27-20-9-5-4-8-19(20)26-21/h1-13,18,24,26-27H,14-15H2/t18-,24-/m0/s1. The van der Waals surface area contributed by atoms with E-state index in [-0.39, 0.29) is 17.7 Å². The highest BCUT2D eigenvalue weighted by Gasteiger charge is 2.35. The molecule has 2 N–H and O–H groups in total. The van der Waals surface area contributed by atoms with Crippen LogP contribution in [0.5, 0.6) is 0 Å². The van der Waals surface area contributed by atoms with Crippen molar-refractivity contribution in [2.24, 2.45) is 0 Å². The van der Waals surface area contributed by atoms with Gasteiger partial charge in [-0.05, 0) is 47.7 Å². The van der Waals surface area contributed by atoms with E-state index in [4.69, 9.17) is 0 Å². The maximum absolute atomic E-state index is 13.3. The van der Waals surface area contributed by atoms with Gasteiger partial charge >= 0.3 is 0 Å². The van der Waals surface area contributed by atoms with Gasteiger partial charge in [0.2, 0.25) is 0 Å². The summed E-state index contributed by atoms with van der Waals surface area (Å²) in [7, 11) is 0. The Bertz CT molecular complexity index is 1040.